The van der Waals surface area contributed by atoms with E-state index in [2.05, 4.69) is 25.1 Å². The molecular formula is C22H13ClF3N5O2. The Labute approximate surface area is 189 Å². The molecule has 0 aliphatic carbocycles. The second-order valence-electron chi connectivity index (χ2n) is 7.13. The lowest BCUT2D eigenvalue weighted by molar-refractivity contribution is -0.274. The molecule has 33 heavy (non-hydrogen) atoms. The van der Waals surface area contributed by atoms with Crippen molar-refractivity contribution in [1.82, 2.24) is 25.1 Å². The normalized spacial score (nSPS) is 13.0. The number of ether oxygens (including phenoxy) is 1. The molecule has 0 atom stereocenters. The number of benzene rings is 1. The van der Waals surface area contributed by atoms with Crippen LogP contribution in [0.3, 0.4) is 0 Å². The molecule has 7 nitrogen and oxygen atoms in total. The molecule has 166 valence electrons. The summed E-state index contributed by atoms with van der Waals surface area (Å²) in [6.45, 7) is 0.299. The van der Waals surface area contributed by atoms with Crippen LogP contribution in [0.2, 0.25) is 5.02 Å². The summed E-state index contributed by atoms with van der Waals surface area (Å²) in [4.78, 5) is 20.6. The molecule has 11 heteroatoms. The van der Waals surface area contributed by atoms with Gasteiger partial charge in [0.05, 0.1) is 23.3 Å². The van der Waals surface area contributed by atoms with E-state index in [0.717, 1.165) is 6.07 Å². The maximum atomic E-state index is 12.8. The zero-order valence-corrected chi connectivity index (χ0v) is 17.4. The number of carbonyl (C=O) groups excluding carboxylic acids is 1. The summed E-state index contributed by atoms with van der Waals surface area (Å²) in [5.41, 5.74) is 3.45. The predicted molar refractivity (Wildman–Crippen MR) is 113 cm³/mol. The molecule has 3 aromatic heterocycles. The van der Waals surface area contributed by atoms with E-state index < -0.39 is 12.1 Å². The zero-order valence-electron chi connectivity index (χ0n) is 16.6. The van der Waals surface area contributed by atoms with Crippen LogP contribution in [-0.2, 0) is 6.54 Å². The number of aromatic nitrogens is 4. The third-order valence-electron chi connectivity index (χ3n) is 4.97. The number of alkyl halides is 3. The standard InChI is InChI=1S/C22H13ClF3N5O2/c23-13-6-12(7-15(8-13)33-22(24,25)26)19-9-18(30-31(19)14-2-1-4-27-10-14)20-17-11-29-21(32)16(17)3-5-28-20/h1-10H,11H2,(H,29,32). The van der Waals surface area contributed by atoms with E-state index in [0.29, 0.717) is 46.0 Å². The van der Waals surface area contributed by atoms with Crippen molar-refractivity contribution in [3.63, 3.8) is 0 Å². The SMILES string of the molecule is O=C1NCc2c1ccnc2-c1cc(-c2cc(Cl)cc(OC(F)(F)F)c2)n(-c2cccnc2)n1. The van der Waals surface area contributed by atoms with Gasteiger partial charge in [-0.15, -0.1) is 13.2 Å². The first-order valence-corrected chi connectivity index (χ1v) is 10.00. The quantitative estimate of drug-likeness (QED) is 0.462. The average molecular weight is 472 g/mol. The number of pyridine rings is 2. The fraction of sp³-hybridized carbons (Fsp3) is 0.0909. The topological polar surface area (TPSA) is 81.9 Å². The lowest BCUT2D eigenvalue weighted by Crippen LogP contribution is -2.17. The number of hydrogen-bond donors (Lipinski definition) is 1. The number of halogens is 4. The Morgan fingerprint density at radius 3 is 2.73 bits per heavy atom. The molecule has 0 spiro atoms. The molecule has 1 aliphatic heterocycles. The van der Waals surface area contributed by atoms with E-state index >= 15 is 0 Å². The Morgan fingerprint density at radius 1 is 1.12 bits per heavy atom. The predicted octanol–water partition coefficient (Wildman–Crippen LogP) is 4.79. The zero-order chi connectivity index (χ0) is 23.2. The highest BCUT2D eigenvalue weighted by Crippen LogP contribution is 2.35. The first kappa shape index (κ1) is 21.0. The number of hydrogen-bond acceptors (Lipinski definition) is 5. The van der Waals surface area contributed by atoms with Crippen LogP contribution < -0.4 is 10.1 Å². The van der Waals surface area contributed by atoms with Crippen LogP contribution in [0.1, 0.15) is 15.9 Å². The summed E-state index contributed by atoms with van der Waals surface area (Å²) in [6.07, 6.45) is -0.210. The Bertz CT molecular complexity index is 1370. The summed E-state index contributed by atoms with van der Waals surface area (Å²) in [6, 6.07) is 10.6. The molecular weight excluding hydrogens is 459 g/mol. The minimum atomic E-state index is -4.87. The molecule has 1 N–H and O–H groups in total. The molecule has 0 saturated heterocycles. The van der Waals surface area contributed by atoms with Gasteiger partial charge >= 0.3 is 6.36 Å². The van der Waals surface area contributed by atoms with Gasteiger partial charge in [0.2, 0.25) is 0 Å². The third-order valence-corrected chi connectivity index (χ3v) is 5.19. The molecule has 0 unspecified atom stereocenters. The minimum absolute atomic E-state index is 0.0563. The van der Waals surface area contributed by atoms with E-state index in [9.17, 15) is 18.0 Å². The highest BCUT2D eigenvalue weighted by Gasteiger charge is 2.31. The van der Waals surface area contributed by atoms with Crippen molar-refractivity contribution < 1.29 is 22.7 Å². The summed E-state index contributed by atoms with van der Waals surface area (Å²) >= 11 is 6.10. The van der Waals surface area contributed by atoms with E-state index in [-0.39, 0.29) is 10.9 Å². The summed E-state index contributed by atoms with van der Waals surface area (Å²) in [7, 11) is 0. The number of rotatable bonds is 4. The fourth-order valence-corrected chi connectivity index (χ4v) is 3.88. The van der Waals surface area contributed by atoms with E-state index in [1.54, 1.807) is 36.7 Å². The van der Waals surface area contributed by atoms with Gasteiger partial charge in [-0.05, 0) is 42.5 Å². The molecule has 1 aliphatic rings. The first-order chi connectivity index (χ1) is 15.8. The number of nitrogens with one attached hydrogen (secondary N) is 1. The number of amides is 1. The molecule has 5 rings (SSSR count). The van der Waals surface area contributed by atoms with Gasteiger partial charge in [-0.2, -0.15) is 5.10 Å². The Hall–Kier alpha value is -3.92. The Balaban J connectivity index is 1.69. The molecule has 1 aromatic carbocycles. The van der Waals surface area contributed by atoms with Gasteiger partial charge in [-0.3, -0.25) is 14.8 Å². The minimum Gasteiger partial charge on any atom is -0.406 e. The van der Waals surface area contributed by atoms with Gasteiger partial charge in [-0.1, -0.05) is 11.6 Å². The molecule has 0 saturated carbocycles. The number of fused-ring (bicyclic) bond motifs is 1. The van der Waals surface area contributed by atoms with E-state index in [1.165, 1.54) is 23.0 Å². The van der Waals surface area contributed by atoms with Crippen LogP contribution in [0, 0.1) is 0 Å². The highest BCUT2D eigenvalue weighted by molar-refractivity contribution is 6.31. The van der Waals surface area contributed by atoms with Crippen molar-refractivity contribution >= 4 is 17.5 Å². The van der Waals surface area contributed by atoms with Gasteiger partial charge in [0.15, 0.2) is 0 Å². The smallest absolute Gasteiger partial charge is 0.406 e. The largest absolute Gasteiger partial charge is 0.573 e. The van der Waals surface area contributed by atoms with E-state index in [4.69, 9.17) is 11.6 Å². The lowest BCUT2D eigenvalue weighted by Gasteiger charge is -2.12. The Kier molecular flexibility index (Phi) is 5.01. The van der Waals surface area contributed by atoms with Gasteiger partial charge in [0.1, 0.15) is 11.4 Å². The van der Waals surface area contributed by atoms with E-state index in [1.807, 2.05) is 0 Å². The molecule has 0 radical (unpaired) electrons. The maximum absolute atomic E-state index is 12.8. The second-order valence-corrected chi connectivity index (χ2v) is 7.57. The summed E-state index contributed by atoms with van der Waals surface area (Å²) < 4.78 is 44.0. The van der Waals surface area contributed by atoms with Gasteiger partial charge < -0.3 is 10.1 Å². The van der Waals surface area contributed by atoms with Crippen LogP contribution in [0.25, 0.3) is 28.3 Å². The molecule has 4 heterocycles. The van der Waals surface area contributed by atoms with Crippen LogP contribution in [0.5, 0.6) is 5.75 Å². The second kappa shape index (κ2) is 7.89. The van der Waals surface area contributed by atoms with Gasteiger partial charge in [-0.25, -0.2) is 4.68 Å². The van der Waals surface area contributed by atoms with Crippen LogP contribution >= 0.6 is 11.6 Å². The van der Waals surface area contributed by atoms with Crippen molar-refractivity contribution in [1.29, 1.82) is 0 Å². The molecule has 1 amide bonds. The van der Waals surface area contributed by atoms with Crippen molar-refractivity contribution in [3.8, 4) is 34.1 Å². The van der Waals surface area contributed by atoms with Crippen LogP contribution in [0.4, 0.5) is 13.2 Å². The fourth-order valence-electron chi connectivity index (χ4n) is 3.65. The average Bonchev–Trinajstić information content (AvgIpc) is 3.37. The highest BCUT2D eigenvalue weighted by atomic mass is 35.5. The van der Waals surface area contributed by atoms with Crippen LogP contribution in [-0.4, -0.2) is 32.0 Å². The summed E-state index contributed by atoms with van der Waals surface area (Å²) in [5, 5.41) is 7.44. The van der Waals surface area contributed by atoms with Gasteiger partial charge in [0.25, 0.3) is 5.91 Å². The lowest BCUT2D eigenvalue weighted by atomic mass is 10.1. The molecule has 4 aromatic rings. The molecule has 0 bridgehead atoms. The van der Waals surface area contributed by atoms with Crippen molar-refractivity contribution in [3.05, 3.63) is 77.2 Å². The third kappa shape index (κ3) is 4.12. The number of nitrogens with zero attached hydrogens (tertiary/aromatic N) is 4. The number of carbonyl (C=O) groups is 1. The van der Waals surface area contributed by atoms with Crippen molar-refractivity contribution in [2.24, 2.45) is 0 Å². The van der Waals surface area contributed by atoms with Gasteiger partial charge in [0, 0.05) is 40.7 Å². The van der Waals surface area contributed by atoms with Crippen molar-refractivity contribution in [2.75, 3.05) is 0 Å². The maximum Gasteiger partial charge on any atom is 0.573 e. The van der Waals surface area contributed by atoms with Crippen molar-refractivity contribution in [2.45, 2.75) is 12.9 Å². The monoisotopic (exact) mass is 471 g/mol. The Morgan fingerprint density at radius 2 is 1.97 bits per heavy atom. The summed E-state index contributed by atoms with van der Waals surface area (Å²) in [5.74, 6) is -0.664. The first-order valence-electron chi connectivity index (χ1n) is 9.62. The molecule has 0 fully saturated rings. The van der Waals surface area contributed by atoms with Crippen LogP contribution in [0.15, 0.2) is 61.1 Å².